The highest BCUT2D eigenvalue weighted by atomic mass is 35.5. The number of halogens is 1. The maximum absolute atomic E-state index is 12.9. The van der Waals surface area contributed by atoms with Crippen molar-refractivity contribution in [2.75, 3.05) is 5.32 Å². The Morgan fingerprint density at radius 2 is 1.56 bits per heavy atom. The molecule has 1 N–H and O–H groups in total. The first kappa shape index (κ1) is 18.4. The summed E-state index contributed by atoms with van der Waals surface area (Å²) in [6.07, 6.45) is 1.69. The van der Waals surface area contributed by atoms with Crippen LogP contribution in [-0.4, -0.2) is 10.8 Å². The number of nitrogens with zero attached hydrogens (tertiary/aromatic N) is 1. The number of hydrogen-bond acceptors (Lipinski definition) is 3. The Kier molecular flexibility index (Phi) is 5.64. The average molecular weight is 379 g/mol. The van der Waals surface area contributed by atoms with E-state index in [2.05, 4.69) is 5.32 Å². The minimum absolute atomic E-state index is 0.00562. The Hall–Kier alpha value is -3.44. The average Bonchev–Trinajstić information content (AvgIpc) is 2.69. The van der Waals surface area contributed by atoms with Crippen molar-refractivity contribution in [2.24, 2.45) is 0 Å². The molecule has 5 nitrogen and oxygen atoms in total. The Labute approximate surface area is 161 Å². The number of non-ortho nitro benzene ring substituents is 1. The number of amides is 1. The van der Waals surface area contributed by atoms with E-state index in [0.717, 1.165) is 5.56 Å². The van der Waals surface area contributed by atoms with E-state index in [0.29, 0.717) is 21.8 Å². The zero-order valence-corrected chi connectivity index (χ0v) is 14.9. The first-order chi connectivity index (χ1) is 13.0. The Balaban J connectivity index is 1.97. The predicted octanol–water partition coefficient (Wildman–Crippen LogP) is 5.43. The molecule has 0 saturated carbocycles. The summed E-state index contributed by atoms with van der Waals surface area (Å²) in [6.45, 7) is 0. The molecule has 0 saturated heterocycles. The van der Waals surface area contributed by atoms with Crippen LogP contribution in [0.25, 0.3) is 11.6 Å². The monoisotopic (exact) mass is 378 g/mol. The number of benzene rings is 3. The highest BCUT2D eigenvalue weighted by molar-refractivity contribution is 6.35. The third-order valence-electron chi connectivity index (χ3n) is 3.87. The molecule has 3 rings (SSSR count). The SMILES string of the molecule is O=C(Nc1ccccc1Cl)/C(=C/c1ccc([N+](=O)[O-])cc1)c1ccccc1. The first-order valence-corrected chi connectivity index (χ1v) is 8.50. The molecule has 1 amide bonds. The number of rotatable bonds is 5. The van der Waals surface area contributed by atoms with Gasteiger partial charge in [-0.15, -0.1) is 0 Å². The summed E-state index contributed by atoms with van der Waals surface area (Å²) in [5.41, 5.74) is 2.32. The molecule has 0 spiro atoms. The molecule has 0 atom stereocenters. The van der Waals surface area contributed by atoms with Crippen LogP contribution in [-0.2, 0) is 4.79 Å². The van der Waals surface area contributed by atoms with Crippen molar-refractivity contribution in [3.05, 3.63) is 105 Å². The number of nitrogens with one attached hydrogen (secondary N) is 1. The van der Waals surface area contributed by atoms with Crippen LogP contribution >= 0.6 is 11.6 Å². The van der Waals surface area contributed by atoms with Crippen LogP contribution in [0.15, 0.2) is 78.9 Å². The zero-order chi connectivity index (χ0) is 19.2. The molecule has 134 valence electrons. The highest BCUT2D eigenvalue weighted by Crippen LogP contribution is 2.25. The Morgan fingerprint density at radius 1 is 0.926 bits per heavy atom. The molecule has 0 aromatic heterocycles. The number of hydrogen-bond donors (Lipinski definition) is 1. The van der Waals surface area contributed by atoms with Gasteiger partial charge >= 0.3 is 0 Å². The molecule has 3 aromatic rings. The molecule has 3 aromatic carbocycles. The van der Waals surface area contributed by atoms with Gasteiger partial charge in [0.25, 0.3) is 11.6 Å². The topological polar surface area (TPSA) is 72.2 Å². The third-order valence-corrected chi connectivity index (χ3v) is 4.20. The lowest BCUT2D eigenvalue weighted by molar-refractivity contribution is -0.384. The summed E-state index contributed by atoms with van der Waals surface area (Å²) in [5, 5.41) is 14.1. The zero-order valence-electron chi connectivity index (χ0n) is 14.1. The van der Waals surface area contributed by atoms with E-state index in [4.69, 9.17) is 11.6 Å². The van der Waals surface area contributed by atoms with E-state index in [1.807, 2.05) is 30.3 Å². The van der Waals surface area contributed by atoms with Gasteiger partial charge in [-0.2, -0.15) is 0 Å². The number of nitro benzene ring substituents is 1. The molecule has 0 aliphatic carbocycles. The molecule has 0 aliphatic rings. The van der Waals surface area contributed by atoms with Gasteiger partial charge in [0.2, 0.25) is 0 Å². The fourth-order valence-electron chi connectivity index (χ4n) is 2.51. The van der Waals surface area contributed by atoms with E-state index in [1.165, 1.54) is 12.1 Å². The molecule has 27 heavy (non-hydrogen) atoms. The first-order valence-electron chi connectivity index (χ1n) is 8.12. The summed E-state index contributed by atoms with van der Waals surface area (Å²) < 4.78 is 0. The fraction of sp³-hybridized carbons (Fsp3) is 0. The summed E-state index contributed by atoms with van der Waals surface area (Å²) in [6, 6.07) is 22.2. The van der Waals surface area contributed by atoms with Crippen molar-refractivity contribution in [1.29, 1.82) is 0 Å². The number of carbonyl (C=O) groups is 1. The summed E-state index contributed by atoms with van der Waals surface area (Å²) in [5.74, 6) is -0.326. The molecule has 0 radical (unpaired) electrons. The van der Waals surface area contributed by atoms with E-state index < -0.39 is 4.92 Å². The number of nitro groups is 1. The fourth-order valence-corrected chi connectivity index (χ4v) is 2.69. The molecular formula is C21H15ClN2O3. The number of carbonyl (C=O) groups excluding carboxylic acids is 1. The normalized spacial score (nSPS) is 11.1. The second kappa shape index (κ2) is 8.29. The van der Waals surface area contributed by atoms with Crippen LogP contribution in [0.1, 0.15) is 11.1 Å². The van der Waals surface area contributed by atoms with Gasteiger partial charge in [-0.1, -0.05) is 54.1 Å². The van der Waals surface area contributed by atoms with Gasteiger partial charge in [0, 0.05) is 17.7 Å². The Bertz CT molecular complexity index is 999. The molecule has 0 aliphatic heterocycles. The van der Waals surface area contributed by atoms with E-state index >= 15 is 0 Å². The van der Waals surface area contributed by atoms with E-state index in [-0.39, 0.29) is 11.6 Å². The summed E-state index contributed by atoms with van der Waals surface area (Å²) >= 11 is 6.13. The van der Waals surface area contributed by atoms with Crippen molar-refractivity contribution < 1.29 is 9.72 Å². The molecule has 0 heterocycles. The minimum Gasteiger partial charge on any atom is -0.321 e. The molecule has 0 unspecified atom stereocenters. The Morgan fingerprint density at radius 3 is 2.19 bits per heavy atom. The van der Waals surface area contributed by atoms with Crippen molar-refractivity contribution in [3.63, 3.8) is 0 Å². The van der Waals surface area contributed by atoms with Crippen molar-refractivity contribution in [2.45, 2.75) is 0 Å². The van der Waals surface area contributed by atoms with Crippen LogP contribution in [0.4, 0.5) is 11.4 Å². The van der Waals surface area contributed by atoms with Crippen LogP contribution in [0.3, 0.4) is 0 Å². The highest BCUT2D eigenvalue weighted by Gasteiger charge is 2.14. The smallest absolute Gasteiger partial charge is 0.269 e. The van der Waals surface area contributed by atoms with Gasteiger partial charge in [0.05, 0.1) is 15.6 Å². The molecular weight excluding hydrogens is 364 g/mol. The quantitative estimate of drug-likeness (QED) is 0.278. The minimum atomic E-state index is -0.463. The lowest BCUT2D eigenvalue weighted by Gasteiger charge is -2.11. The van der Waals surface area contributed by atoms with Gasteiger partial charge in [0.1, 0.15) is 0 Å². The van der Waals surface area contributed by atoms with Crippen molar-refractivity contribution in [1.82, 2.24) is 0 Å². The third kappa shape index (κ3) is 4.59. The van der Waals surface area contributed by atoms with Crippen LogP contribution in [0.5, 0.6) is 0 Å². The molecule has 0 fully saturated rings. The predicted molar refractivity (Wildman–Crippen MR) is 107 cm³/mol. The lowest BCUT2D eigenvalue weighted by atomic mass is 10.0. The molecule has 0 bridgehead atoms. The molecule has 6 heteroatoms. The van der Waals surface area contributed by atoms with Crippen molar-refractivity contribution >= 4 is 40.5 Å². The maximum atomic E-state index is 12.9. The van der Waals surface area contributed by atoms with E-state index in [1.54, 1.807) is 42.5 Å². The maximum Gasteiger partial charge on any atom is 0.269 e. The van der Waals surface area contributed by atoms with Crippen LogP contribution in [0, 0.1) is 10.1 Å². The largest absolute Gasteiger partial charge is 0.321 e. The van der Waals surface area contributed by atoms with E-state index in [9.17, 15) is 14.9 Å². The van der Waals surface area contributed by atoms with Gasteiger partial charge in [0.15, 0.2) is 0 Å². The van der Waals surface area contributed by atoms with Crippen molar-refractivity contribution in [3.8, 4) is 0 Å². The standard InChI is InChI=1S/C21H15ClN2O3/c22-19-8-4-5-9-20(19)23-21(25)18(16-6-2-1-3-7-16)14-15-10-12-17(13-11-15)24(26)27/h1-14H,(H,23,25)/b18-14+. The number of para-hydroxylation sites is 1. The van der Waals surface area contributed by atoms with Gasteiger partial charge in [-0.3, -0.25) is 14.9 Å². The van der Waals surface area contributed by atoms with Gasteiger partial charge in [-0.05, 0) is 41.5 Å². The number of anilines is 1. The van der Waals surface area contributed by atoms with Gasteiger partial charge in [-0.25, -0.2) is 0 Å². The van der Waals surface area contributed by atoms with Gasteiger partial charge < -0.3 is 5.32 Å². The van der Waals surface area contributed by atoms with Crippen LogP contribution in [0.2, 0.25) is 5.02 Å². The lowest BCUT2D eigenvalue weighted by Crippen LogP contribution is -2.14. The second-order valence-electron chi connectivity index (χ2n) is 5.71. The summed E-state index contributed by atoms with van der Waals surface area (Å²) in [7, 11) is 0. The second-order valence-corrected chi connectivity index (χ2v) is 6.11. The van der Waals surface area contributed by atoms with Crippen LogP contribution < -0.4 is 5.32 Å². The summed E-state index contributed by atoms with van der Waals surface area (Å²) in [4.78, 5) is 23.2.